The summed E-state index contributed by atoms with van der Waals surface area (Å²) in [5, 5.41) is 18.9. The van der Waals surface area contributed by atoms with Crippen molar-refractivity contribution in [1.29, 1.82) is 0 Å². The number of benzene rings is 1. The van der Waals surface area contributed by atoms with E-state index in [2.05, 4.69) is 0 Å². The van der Waals surface area contributed by atoms with E-state index in [-0.39, 0.29) is 15.6 Å². The van der Waals surface area contributed by atoms with E-state index in [4.69, 9.17) is 34.0 Å². The highest BCUT2D eigenvalue weighted by molar-refractivity contribution is 6.37. The van der Waals surface area contributed by atoms with Gasteiger partial charge in [0.05, 0.1) is 4.92 Å². The summed E-state index contributed by atoms with van der Waals surface area (Å²) in [4.78, 5) is 20.5. The summed E-state index contributed by atoms with van der Waals surface area (Å²) in [6.45, 7) is 0. The summed E-state index contributed by atoms with van der Waals surface area (Å²) in [5.74, 6) is -1.37. The van der Waals surface area contributed by atoms with E-state index in [9.17, 15) is 14.9 Å². The van der Waals surface area contributed by atoms with Crippen molar-refractivity contribution in [3.8, 4) is 0 Å². The highest BCUT2D eigenvalue weighted by Gasteiger charge is 2.26. The van der Waals surface area contributed by atoms with Gasteiger partial charge in [-0.05, 0) is 6.07 Å². The summed E-state index contributed by atoms with van der Waals surface area (Å²) in [5.41, 5.74) is 4.72. The van der Waals surface area contributed by atoms with Gasteiger partial charge in [-0.25, -0.2) is 0 Å². The van der Waals surface area contributed by atoms with Gasteiger partial charge in [0, 0.05) is 16.7 Å². The van der Waals surface area contributed by atoms with Gasteiger partial charge >= 0.3 is 5.97 Å². The Kier molecular flexibility index (Phi) is 3.69. The Labute approximate surface area is 99.7 Å². The second-order valence-electron chi connectivity index (χ2n) is 2.87. The molecule has 0 radical (unpaired) electrons. The smallest absolute Gasteiger partial charge is 0.325 e. The van der Waals surface area contributed by atoms with Crippen LogP contribution in [0.15, 0.2) is 12.1 Å². The van der Waals surface area contributed by atoms with Crippen LogP contribution in [0.1, 0.15) is 11.6 Å². The molecule has 1 rings (SSSR count). The highest BCUT2D eigenvalue weighted by atomic mass is 35.5. The monoisotopic (exact) mass is 264 g/mol. The average Bonchev–Trinajstić information content (AvgIpc) is 2.16. The quantitative estimate of drug-likeness (QED) is 0.641. The zero-order chi connectivity index (χ0) is 12.5. The molecule has 16 heavy (non-hydrogen) atoms. The molecule has 0 saturated heterocycles. The molecule has 0 amide bonds. The number of hydrogen-bond donors (Lipinski definition) is 2. The third-order valence-corrected chi connectivity index (χ3v) is 2.61. The molecule has 86 valence electrons. The van der Waals surface area contributed by atoms with Gasteiger partial charge in [-0.15, -0.1) is 0 Å². The molecule has 0 saturated carbocycles. The lowest BCUT2D eigenvalue weighted by Gasteiger charge is -2.10. The number of carbonyl (C=O) groups is 1. The van der Waals surface area contributed by atoms with Crippen LogP contribution in [0.4, 0.5) is 5.69 Å². The molecule has 0 heterocycles. The summed E-state index contributed by atoms with van der Waals surface area (Å²) < 4.78 is 0. The number of aliphatic carboxylic acids is 1. The van der Waals surface area contributed by atoms with Crippen molar-refractivity contribution >= 4 is 34.9 Å². The number of nitrogens with two attached hydrogens (primary N) is 1. The Hall–Kier alpha value is -1.37. The van der Waals surface area contributed by atoms with Crippen LogP contribution in [0.2, 0.25) is 10.0 Å². The number of nitrogens with zero attached hydrogens (tertiary/aromatic N) is 1. The molecule has 0 bridgehead atoms. The first-order valence-electron chi connectivity index (χ1n) is 3.97. The number of hydrogen-bond acceptors (Lipinski definition) is 4. The van der Waals surface area contributed by atoms with Crippen LogP contribution in [0.5, 0.6) is 0 Å². The third-order valence-electron chi connectivity index (χ3n) is 1.88. The topological polar surface area (TPSA) is 106 Å². The summed E-state index contributed by atoms with van der Waals surface area (Å²) in [7, 11) is 0. The lowest BCUT2D eigenvalue weighted by Crippen LogP contribution is -2.21. The fourth-order valence-corrected chi connectivity index (χ4v) is 1.78. The first kappa shape index (κ1) is 12.7. The number of carboxylic acids is 1. The van der Waals surface area contributed by atoms with Crippen LogP contribution in [0.25, 0.3) is 0 Å². The molecular weight excluding hydrogens is 259 g/mol. The van der Waals surface area contributed by atoms with Crippen molar-refractivity contribution in [2.24, 2.45) is 5.73 Å². The zero-order valence-corrected chi connectivity index (χ0v) is 9.20. The second-order valence-corrected chi connectivity index (χ2v) is 3.65. The Morgan fingerprint density at radius 1 is 1.50 bits per heavy atom. The number of rotatable bonds is 3. The first-order chi connectivity index (χ1) is 7.36. The van der Waals surface area contributed by atoms with Crippen LogP contribution in [-0.4, -0.2) is 16.0 Å². The van der Waals surface area contributed by atoms with Gasteiger partial charge in [0.1, 0.15) is 11.1 Å². The van der Waals surface area contributed by atoms with Crippen molar-refractivity contribution < 1.29 is 14.8 Å². The highest BCUT2D eigenvalue weighted by Crippen LogP contribution is 2.36. The van der Waals surface area contributed by atoms with E-state index < -0.39 is 22.6 Å². The van der Waals surface area contributed by atoms with Crippen molar-refractivity contribution in [3.05, 3.63) is 37.9 Å². The summed E-state index contributed by atoms with van der Waals surface area (Å²) in [6.07, 6.45) is 0. The van der Waals surface area contributed by atoms with Gasteiger partial charge in [-0.3, -0.25) is 14.9 Å². The molecule has 3 N–H and O–H groups in total. The van der Waals surface area contributed by atoms with Crippen LogP contribution >= 0.6 is 23.2 Å². The molecule has 0 aliphatic carbocycles. The molecule has 6 nitrogen and oxygen atoms in total. The molecule has 8 heteroatoms. The Bertz CT molecular complexity index is 464. The standard InChI is InChI=1S/C8H6Cl2N2O4/c9-3-1-2-4(12(15)16)6(10)5(3)7(11)8(13)14/h1-2,7H,11H2,(H,13,14)/t7-/m0/s1. The minimum absolute atomic E-state index is 0.0227. The lowest BCUT2D eigenvalue weighted by atomic mass is 10.1. The molecule has 1 atom stereocenters. The fraction of sp³-hybridized carbons (Fsp3) is 0.125. The molecule has 0 aliphatic heterocycles. The van der Waals surface area contributed by atoms with E-state index in [1.54, 1.807) is 0 Å². The van der Waals surface area contributed by atoms with Crippen molar-refractivity contribution in [2.75, 3.05) is 0 Å². The molecule has 1 aromatic rings. The lowest BCUT2D eigenvalue weighted by molar-refractivity contribution is -0.384. The average molecular weight is 265 g/mol. The first-order valence-corrected chi connectivity index (χ1v) is 4.72. The van der Waals surface area contributed by atoms with Crippen molar-refractivity contribution in [1.82, 2.24) is 0 Å². The van der Waals surface area contributed by atoms with Gasteiger partial charge in [0.2, 0.25) is 0 Å². The van der Waals surface area contributed by atoms with E-state index in [1.807, 2.05) is 0 Å². The maximum absolute atomic E-state index is 10.7. The predicted octanol–water partition coefficient (Wildman–Crippen LogP) is 1.99. The molecule has 0 fully saturated rings. The Balaban J connectivity index is 3.43. The third kappa shape index (κ3) is 2.24. The summed E-state index contributed by atoms with van der Waals surface area (Å²) >= 11 is 11.4. The van der Waals surface area contributed by atoms with Crippen LogP contribution in [-0.2, 0) is 4.79 Å². The molecule has 0 unspecified atom stereocenters. The minimum atomic E-state index is -1.50. The maximum atomic E-state index is 10.7. The largest absolute Gasteiger partial charge is 0.480 e. The van der Waals surface area contributed by atoms with E-state index in [0.717, 1.165) is 6.07 Å². The van der Waals surface area contributed by atoms with Gasteiger partial charge < -0.3 is 10.8 Å². The van der Waals surface area contributed by atoms with E-state index >= 15 is 0 Å². The van der Waals surface area contributed by atoms with Crippen molar-refractivity contribution in [3.63, 3.8) is 0 Å². The van der Waals surface area contributed by atoms with Crippen molar-refractivity contribution in [2.45, 2.75) is 6.04 Å². The molecular formula is C8H6Cl2N2O4. The molecule has 0 aromatic heterocycles. The van der Waals surface area contributed by atoms with Gasteiger partial charge in [0.15, 0.2) is 0 Å². The summed E-state index contributed by atoms with van der Waals surface area (Å²) in [6, 6.07) is 0.770. The Morgan fingerprint density at radius 3 is 2.50 bits per heavy atom. The van der Waals surface area contributed by atoms with Crippen LogP contribution in [0, 0.1) is 10.1 Å². The molecule has 1 aromatic carbocycles. The molecule has 0 aliphatic rings. The zero-order valence-electron chi connectivity index (χ0n) is 7.68. The number of carboxylic acid groups (broad SMARTS) is 1. The van der Waals surface area contributed by atoms with Gasteiger partial charge in [0.25, 0.3) is 5.69 Å². The fourth-order valence-electron chi connectivity index (χ4n) is 1.11. The van der Waals surface area contributed by atoms with Gasteiger partial charge in [-0.2, -0.15) is 0 Å². The van der Waals surface area contributed by atoms with E-state index in [0.29, 0.717) is 0 Å². The maximum Gasteiger partial charge on any atom is 0.325 e. The number of nitro benzene ring substituents is 1. The number of halogens is 2. The van der Waals surface area contributed by atoms with Crippen LogP contribution in [0.3, 0.4) is 0 Å². The second kappa shape index (κ2) is 4.65. The van der Waals surface area contributed by atoms with Crippen LogP contribution < -0.4 is 5.73 Å². The number of nitro groups is 1. The minimum Gasteiger partial charge on any atom is -0.480 e. The van der Waals surface area contributed by atoms with E-state index in [1.165, 1.54) is 6.07 Å². The Morgan fingerprint density at radius 2 is 2.06 bits per heavy atom. The van der Waals surface area contributed by atoms with Gasteiger partial charge in [-0.1, -0.05) is 23.2 Å². The SMILES string of the molecule is N[C@H](C(=O)O)c1c(Cl)ccc([N+](=O)[O-])c1Cl. The normalized spacial score (nSPS) is 12.2. The molecule has 0 spiro atoms. The predicted molar refractivity (Wildman–Crippen MR) is 57.7 cm³/mol.